The molecule has 186 valence electrons. The molecule has 1 atom stereocenters. The van der Waals surface area contributed by atoms with E-state index in [1.807, 2.05) is 32.0 Å². The Labute approximate surface area is 203 Å². The van der Waals surface area contributed by atoms with E-state index < -0.39 is 0 Å². The van der Waals surface area contributed by atoms with Gasteiger partial charge in [-0.1, -0.05) is 32.0 Å². The number of nitrogens with one attached hydrogen (secondary N) is 1. The van der Waals surface area contributed by atoms with Crippen LogP contribution in [0.2, 0.25) is 0 Å². The number of aryl methyl sites for hydroxylation is 2. The second-order valence-electron chi connectivity index (χ2n) is 9.61. The minimum atomic E-state index is -0.0891. The zero-order chi connectivity index (χ0) is 24.7. The fourth-order valence-corrected chi connectivity index (χ4v) is 4.35. The van der Waals surface area contributed by atoms with Crippen molar-refractivity contribution in [2.75, 3.05) is 26.7 Å². The van der Waals surface area contributed by atoms with E-state index >= 15 is 0 Å². The highest BCUT2D eigenvalue weighted by atomic mass is 16.5. The number of nitrogens with zero attached hydrogens (tertiary/aromatic N) is 2. The van der Waals surface area contributed by atoms with Gasteiger partial charge in [0, 0.05) is 18.7 Å². The quantitative estimate of drug-likeness (QED) is 0.506. The molecule has 2 aromatic rings. The summed E-state index contributed by atoms with van der Waals surface area (Å²) in [6.07, 6.45) is 5.84. The van der Waals surface area contributed by atoms with Crippen LogP contribution in [0, 0.1) is 25.7 Å². The summed E-state index contributed by atoms with van der Waals surface area (Å²) >= 11 is 0. The zero-order valence-electron chi connectivity index (χ0n) is 21.4. The van der Waals surface area contributed by atoms with Crippen molar-refractivity contribution < 1.29 is 18.8 Å². The first kappa shape index (κ1) is 25.8. The first-order chi connectivity index (χ1) is 16.3. The average molecular weight is 470 g/mol. The number of aromatic nitrogens is 1. The Balaban J connectivity index is 1.56. The number of piperidine rings is 1. The van der Waals surface area contributed by atoms with Crippen LogP contribution >= 0.6 is 0 Å². The average Bonchev–Trinajstić information content (AvgIpc) is 3.14. The molecule has 1 aromatic heterocycles. The molecule has 7 heteroatoms. The minimum absolute atomic E-state index is 0.0891. The highest BCUT2D eigenvalue weighted by Gasteiger charge is 2.25. The highest BCUT2D eigenvalue weighted by Crippen LogP contribution is 2.30. The molecule has 0 radical (unpaired) electrons. The van der Waals surface area contributed by atoms with Crippen molar-refractivity contribution in [1.29, 1.82) is 0 Å². The summed E-state index contributed by atoms with van der Waals surface area (Å²) in [7, 11) is 1.60. The van der Waals surface area contributed by atoms with Gasteiger partial charge in [-0.25, -0.2) is 0 Å². The maximum atomic E-state index is 12.5. The Morgan fingerprint density at radius 3 is 2.62 bits per heavy atom. The van der Waals surface area contributed by atoms with E-state index in [1.54, 1.807) is 19.3 Å². The molecule has 1 aliphatic rings. The third-order valence-corrected chi connectivity index (χ3v) is 6.71. The van der Waals surface area contributed by atoms with Gasteiger partial charge >= 0.3 is 0 Å². The SMILES string of the molecule is COc1cc(/C=C/C(=O)NC[C@@H](C(C)C)N2CCC(C)CC2)ccc1OCc1c(C)noc1C. The summed E-state index contributed by atoms with van der Waals surface area (Å²) in [5.74, 6) is 3.17. The Bertz CT molecular complexity index is 955. The Morgan fingerprint density at radius 1 is 1.26 bits per heavy atom. The topological polar surface area (TPSA) is 76.8 Å². The largest absolute Gasteiger partial charge is 0.493 e. The smallest absolute Gasteiger partial charge is 0.244 e. The van der Waals surface area contributed by atoms with Gasteiger partial charge in [-0.3, -0.25) is 9.69 Å². The third kappa shape index (κ3) is 6.86. The maximum absolute atomic E-state index is 12.5. The van der Waals surface area contributed by atoms with Gasteiger partial charge in [0.1, 0.15) is 12.4 Å². The van der Waals surface area contributed by atoms with Crippen LogP contribution in [0.1, 0.15) is 56.2 Å². The van der Waals surface area contributed by atoms with Crippen molar-refractivity contribution in [3.05, 3.63) is 46.9 Å². The number of rotatable bonds is 10. The molecule has 0 unspecified atom stereocenters. The number of hydrogen-bond acceptors (Lipinski definition) is 6. The number of benzene rings is 1. The van der Waals surface area contributed by atoms with Gasteiger partial charge in [0.05, 0.1) is 18.4 Å². The van der Waals surface area contributed by atoms with Gasteiger partial charge in [0.2, 0.25) is 5.91 Å². The number of carbonyl (C=O) groups is 1. The molecule has 3 rings (SSSR count). The fraction of sp³-hybridized carbons (Fsp3) is 0.556. The molecule has 1 aliphatic heterocycles. The van der Waals surface area contributed by atoms with Crippen molar-refractivity contribution >= 4 is 12.0 Å². The normalized spacial score (nSPS) is 16.2. The molecule has 2 heterocycles. The predicted octanol–water partition coefficient (Wildman–Crippen LogP) is 4.76. The Morgan fingerprint density at radius 2 is 2.00 bits per heavy atom. The van der Waals surface area contributed by atoms with Gasteiger partial charge in [0.15, 0.2) is 11.5 Å². The van der Waals surface area contributed by atoms with Gasteiger partial charge in [-0.05, 0) is 75.4 Å². The number of methoxy groups -OCH3 is 1. The van der Waals surface area contributed by atoms with Crippen LogP contribution in [-0.4, -0.2) is 48.7 Å². The van der Waals surface area contributed by atoms with Crippen LogP contribution in [0.5, 0.6) is 11.5 Å². The molecule has 0 spiro atoms. The summed E-state index contributed by atoms with van der Waals surface area (Å²) in [6.45, 7) is 13.8. The summed E-state index contributed by atoms with van der Waals surface area (Å²) in [5, 5.41) is 7.05. The lowest BCUT2D eigenvalue weighted by Gasteiger charge is -2.38. The molecule has 7 nitrogen and oxygen atoms in total. The van der Waals surface area contributed by atoms with Crippen LogP contribution in [0.3, 0.4) is 0 Å². The molecule has 0 bridgehead atoms. The first-order valence-electron chi connectivity index (χ1n) is 12.2. The lowest BCUT2D eigenvalue weighted by Crippen LogP contribution is -2.49. The molecule has 1 saturated heterocycles. The highest BCUT2D eigenvalue weighted by molar-refractivity contribution is 5.91. The summed E-state index contributed by atoms with van der Waals surface area (Å²) in [5.41, 5.74) is 2.61. The molecule has 1 N–H and O–H groups in total. The third-order valence-electron chi connectivity index (χ3n) is 6.71. The van der Waals surface area contributed by atoms with E-state index in [0.29, 0.717) is 36.6 Å². The van der Waals surface area contributed by atoms with Crippen LogP contribution in [0.4, 0.5) is 0 Å². The number of likely N-dealkylation sites (tertiary alicyclic amines) is 1. The van der Waals surface area contributed by atoms with E-state index in [4.69, 9.17) is 14.0 Å². The van der Waals surface area contributed by atoms with Crippen molar-refractivity contribution in [2.24, 2.45) is 11.8 Å². The van der Waals surface area contributed by atoms with E-state index in [-0.39, 0.29) is 5.91 Å². The number of carbonyl (C=O) groups excluding carboxylic acids is 1. The van der Waals surface area contributed by atoms with Gasteiger partial charge in [-0.15, -0.1) is 0 Å². The monoisotopic (exact) mass is 469 g/mol. The molecule has 34 heavy (non-hydrogen) atoms. The van der Waals surface area contributed by atoms with Gasteiger partial charge in [0.25, 0.3) is 0 Å². The predicted molar refractivity (Wildman–Crippen MR) is 134 cm³/mol. The molecule has 1 amide bonds. The molecule has 0 aliphatic carbocycles. The summed E-state index contributed by atoms with van der Waals surface area (Å²) < 4.78 is 16.6. The van der Waals surface area contributed by atoms with Crippen LogP contribution in [0.15, 0.2) is 28.8 Å². The van der Waals surface area contributed by atoms with Crippen molar-refractivity contribution in [3.63, 3.8) is 0 Å². The Kier molecular flexibility index (Phi) is 9.16. The number of amides is 1. The molecule has 1 fully saturated rings. The van der Waals surface area contributed by atoms with Crippen LogP contribution < -0.4 is 14.8 Å². The second kappa shape index (κ2) is 12.1. The van der Waals surface area contributed by atoms with E-state index in [1.165, 1.54) is 12.8 Å². The maximum Gasteiger partial charge on any atom is 0.244 e. The standard InChI is InChI=1S/C27H39N3O4/c1-18(2)24(30-13-11-19(3)12-14-30)16-28-27(31)10-8-22-7-9-25(26(15-22)32-6)33-17-23-20(4)29-34-21(23)5/h7-10,15,18-19,24H,11-14,16-17H2,1-6H3,(H,28,31)/b10-8+/t24-/m0/s1. The Hall–Kier alpha value is -2.80. The number of ether oxygens (including phenoxy) is 2. The van der Waals surface area contributed by atoms with Crippen molar-refractivity contribution in [3.8, 4) is 11.5 Å². The van der Waals surface area contributed by atoms with Crippen LogP contribution in [-0.2, 0) is 11.4 Å². The molecule has 0 saturated carbocycles. The van der Waals surface area contributed by atoms with E-state index in [2.05, 4.69) is 36.1 Å². The second-order valence-corrected chi connectivity index (χ2v) is 9.61. The minimum Gasteiger partial charge on any atom is -0.493 e. The molecule has 1 aromatic carbocycles. The van der Waals surface area contributed by atoms with Gasteiger partial charge in [-0.2, -0.15) is 0 Å². The lowest BCUT2D eigenvalue weighted by molar-refractivity contribution is -0.116. The summed E-state index contributed by atoms with van der Waals surface area (Å²) in [4.78, 5) is 15.0. The molecular formula is C27H39N3O4. The molecular weight excluding hydrogens is 430 g/mol. The zero-order valence-corrected chi connectivity index (χ0v) is 21.4. The lowest BCUT2D eigenvalue weighted by atomic mass is 9.94. The number of hydrogen-bond donors (Lipinski definition) is 1. The fourth-order valence-electron chi connectivity index (χ4n) is 4.35. The van der Waals surface area contributed by atoms with Crippen molar-refractivity contribution in [1.82, 2.24) is 15.4 Å². The van der Waals surface area contributed by atoms with E-state index in [0.717, 1.165) is 41.6 Å². The van der Waals surface area contributed by atoms with Crippen molar-refractivity contribution in [2.45, 2.75) is 60.1 Å². The van der Waals surface area contributed by atoms with Crippen LogP contribution in [0.25, 0.3) is 6.08 Å². The summed E-state index contributed by atoms with van der Waals surface area (Å²) in [6, 6.07) is 5.97. The van der Waals surface area contributed by atoms with E-state index in [9.17, 15) is 4.79 Å². The van der Waals surface area contributed by atoms with Gasteiger partial charge < -0.3 is 19.3 Å². The first-order valence-corrected chi connectivity index (χ1v) is 12.2.